The molecular weight excluding hydrogens is 565 g/mol. The van der Waals surface area contributed by atoms with Crippen LogP contribution in [-0.2, 0) is 13.0 Å². The van der Waals surface area contributed by atoms with Gasteiger partial charge in [0.25, 0.3) is 5.91 Å². The molecular formula is C31H34FN9OS. The van der Waals surface area contributed by atoms with Crippen molar-refractivity contribution in [1.82, 2.24) is 30.2 Å². The van der Waals surface area contributed by atoms with Crippen LogP contribution in [0.1, 0.15) is 33.8 Å². The molecule has 222 valence electrons. The highest BCUT2D eigenvalue weighted by molar-refractivity contribution is 7.14. The van der Waals surface area contributed by atoms with Crippen molar-refractivity contribution >= 4 is 45.3 Å². The monoisotopic (exact) mass is 599 g/mol. The van der Waals surface area contributed by atoms with E-state index in [9.17, 15) is 9.18 Å². The second kappa shape index (κ2) is 12.8. The van der Waals surface area contributed by atoms with Crippen molar-refractivity contribution in [2.45, 2.75) is 25.8 Å². The number of carbonyl (C=O) groups excluding carboxylic acids is 1. The lowest BCUT2D eigenvalue weighted by atomic mass is 9.96. The number of nitrogen functional groups attached to an aromatic ring is 2. The maximum Gasteiger partial charge on any atom is 0.270 e. The van der Waals surface area contributed by atoms with Crippen LogP contribution in [0.2, 0.25) is 0 Å². The summed E-state index contributed by atoms with van der Waals surface area (Å²) in [5, 5.41) is 8.15. The molecule has 10 nitrogen and oxygen atoms in total. The summed E-state index contributed by atoms with van der Waals surface area (Å²) in [5.41, 5.74) is 15.8. The molecule has 0 saturated carbocycles. The van der Waals surface area contributed by atoms with Crippen LogP contribution in [0.5, 0.6) is 0 Å². The smallest absolute Gasteiger partial charge is 0.270 e. The van der Waals surface area contributed by atoms with Gasteiger partial charge in [-0.1, -0.05) is 6.07 Å². The van der Waals surface area contributed by atoms with Crippen LogP contribution in [0.25, 0.3) is 21.6 Å². The Morgan fingerprint density at radius 2 is 2.00 bits per heavy atom. The number of H-pyrrole nitrogens is 1. The number of aromatic amines is 1. The number of carbonyl (C=O) groups is 1. The molecule has 6 rings (SSSR count). The molecule has 0 bridgehead atoms. The van der Waals surface area contributed by atoms with Gasteiger partial charge in [0.15, 0.2) is 5.82 Å². The average Bonchev–Trinajstić information content (AvgIpc) is 3.66. The highest BCUT2D eigenvalue weighted by atomic mass is 32.1. The molecule has 1 amide bonds. The Morgan fingerprint density at radius 1 is 1.14 bits per heavy atom. The van der Waals surface area contributed by atoms with Crippen LogP contribution in [0.3, 0.4) is 0 Å². The topological polar surface area (TPSA) is 151 Å². The average molecular weight is 600 g/mol. The van der Waals surface area contributed by atoms with E-state index >= 15 is 0 Å². The highest BCUT2D eigenvalue weighted by Crippen LogP contribution is 2.27. The molecule has 7 N–H and O–H groups in total. The van der Waals surface area contributed by atoms with Crippen LogP contribution in [0.4, 0.5) is 21.6 Å². The molecule has 1 fully saturated rings. The first kappa shape index (κ1) is 28.6. The summed E-state index contributed by atoms with van der Waals surface area (Å²) in [4.78, 5) is 33.2. The predicted octanol–water partition coefficient (Wildman–Crippen LogP) is 4.68. The Morgan fingerprint density at radius 3 is 2.81 bits per heavy atom. The number of likely N-dealkylation sites (tertiary alicyclic amines) is 1. The van der Waals surface area contributed by atoms with Crippen molar-refractivity contribution in [1.29, 1.82) is 0 Å². The minimum absolute atomic E-state index is 0.225. The van der Waals surface area contributed by atoms with Crippen LogP contribution in [0.15, 0.2) is 61.1 Å². The number of nitrogens with zero attached hydrogens (tertiary/aromatic N) is 4. The second-order valence-electron chi connectivity index (χ2n) is 10.8. The number of amides is 1. The molecule has 1 aliphatic rings. The molecule has 0 aliphatic carbocycles. The van der Waals surface area contributed by atoms with Gasteiger partial charge in [0, 0.05) is 54.0 Å². The fourth-order valence-electron chi connectivity index (χ4n) is 5.39. The maximum absolute atomic E-state index is 13.5. The third-order valence-electron chi connectivity index (χ3n) is 7.81. The van der Waals surface area contributed by atoms with Gasteiger partial charge in [0.05, 0.1) is 17.1 Å². The number of hydrogen-bond acceptors (Lipinski definition) is 9. The number of halogens is 1. The van der Waals surface area contributed by atoms with E-state index in [-0.39, 0.29) is 17.4 Å². The van der Waals surface area contributed by atoms with Crippen LogP contribution in [0, 0.1) is 11.7 Å². The van der Waals surface area contributed by atoms with Crippen molar-refractivity contribution < 1.29 is 9.18 Å². The van der Waals surface area contributed by atoms with Crippen molar-refractivity contribution in [3.05, 3.63) is 83.0 Å². The van der Waals surface area contributed by atoms with Crippen LogP contribution in [-0.4, -0.2) is 56.9 Å². The van der Waals surface area contributed by atoms with Gasteiger partial charge < -0.3 is 27.1 Å². The van der Waals surface area contributed by atoms with Crippen molar-refractivity contribution in [2.75, 3.05) is 43.0 Å². The van der Waals surface area contributed by atoms with Crippen molar-refractivity contribution in [2.24, 2.45) is 5.92 Å². The van der Waals surface area contributed by atoms with Crippen molar-refractivity contribution in [3.63, 3.8) is 0 Å². The molecule has 43 heavy (non-hydrogen) atoms. The van der Waals surface area contributed by atoms with E-state index in [0.29, 0.717) is 42.6 Å². The number of aromatic nitrogens is 4. The predicted molar refractivity (Wildman–Crippen MR) is 169 cm³/mol. The SMILES string of the molecule is Nc1cc(C(=O)NCC2CCN(Cc3cnc(-c4ccccn4)s3)CC2)nc(NCCc2c[nH]c3cc(F)ccc23)c1N. The van der Waals surface area contributed by atoms with Gasteiger partial charge in [-0.25, -0.2) is 14.4 Å². The van der Waals surface area contributed by atoms with Crippen LogP contribution >= 0.6 is 11.3 Å². The Bertz CT molecular complexity index is 1710. The number of hydrogen-bond donors (Lipinski definition) is 5. The minimum Gasteiger partial charge on any atom is -0.397 e. The maximum atomic E-state index is 13.5. The fourth-order valence-corrected chi connectivity index (χ4v) is 6.32. The first-order valence-corrected chi connectivity index (χ1v) is 15.2. The third-order valence-corrected chi connectivity index (χ3v) is 8.82. The summed E-state index contributed by atoms with van der Waals surface area (Å²) >= 11 is 1.68. The number of anilines is 3. The van der Waals surface area contributed by atoms with Crippen LogP contribution < -0.4 is 22.1 Å². The molecule has 12 heteroatoms. The number of nitrogens with two attached hydrogens (primary N) is 2. The number of rotatable bonds is 10. The zero-order valence-corrected chi connectivity index (χ0v) is 24.5. The normalized spacial score (nSPS) is 14.3. The molecule has 0 atom stereocenters. The second-order valence-corrected chi connectivity index (χ2v) is 11.9. The van der Waals surface area contributed by atoms with E-state index in [0.717, 1.165) is 59.6 Å². The van der Waals surface area contributed by atoms with Gasteiger partial charge in [-0.05, 0) is 80.2 Å². The zero-order chi connectivity index (χ0) is 29.8. The molecule has 1 saturated heterocycles. The third kappa shape index (κ3) is 6.76. The largest absolute Gasteiger partial charge is 0.397 e. The highest BCUT2D eigenvalue weighted by Gasteiger charge is 2.22. The molecule has 4 aromatic heterocycles. The number of nitrogens with one attached hydrogen (secondary N) is 3. The Hall–Kier alpha value is -4.55. The number of fused-ring (bicyclic) bond motifs is 1. The van der Waals surface area contributed by atoms with Crippen molar-refractivity contribution in [3.8, 4) is 10.7 Å². The number of piperidine rings is 1. The molecule has 0 radical (unpaired) electrons. The first-order valence-electron chi connectivity index (χ1n) is 14.3. The van der Waals surface area contributed by atoms with E-state index in [1.54, 1.807) is 23.6 Å². The van der Waals surface area contributed by atoms with E-state index < -0.39 is 0 Å². The molecule has 5 aromatic rings. The first-order chi connectivity index (χ1) is 20.9. The Balaban J connectivity index is 0.978. The van der Waals surface area contributed by atoms with Gasteiger partial charge in [-0.2, -0.15) is 0 Å². The van der Waals surface area contributed by atoms with Gasteiger partial charge in [0.1, 0.15) is 16.5 Å². The summed E-state index contributed by atoms with van der Waals surface area (Å²) < 4.78 is 13.5. The molecule has 5 heterocycles. The summed E-state index contributed by atoms with van der Waals surface area (Å²) in [6, 6.07) is 12.0. The molecule has 1 aromatic carbocycles. The van der Waals surface area contributed by atoms with E-state index in [1.807, 2.05) is 30.6 Å². The fraction of sp³-hybridized carbons (Fsp3) is 0.290. The Labute approximate surface area is 252 Å². The molecule has 0 unspecified atom stereocenters. The zero-order valence-electron chi connectivity index (χ0n) is 23.6. The minimum atomic E-state index is -0.283. The van der Waals surface area contributed by atoms with Gasteiger partial charge >= 0.3 is 0 Å². The summed E-state index contributed by atoms with van der Waals surface area (Å²) in [7, 11) is 0. The molecule has 0 spiro atoms. The summed E-state index contributed by atoms with van der Waals surface area (Å²) in [5.74, 6) is 0.204. The molecule has 1 aliphatic heterocycles. The number of pyridine rings is 2. The standard InChI is InChI=1S/C31H34FN9OS/c32-21-4-5-23-20(16-37-26(23)13-21)6-10-36-29-28(34)24(33)14-27(40-29)30(42)38-15-19-7-11-41(12-8-19)18-22-17-39-31(43-22)25-3-1-2-9-35-25/h1-5,9,13-14,16-17,19,37H,6-8,10-12,15,18,34H2,(H,38,42)(H3,33,36,40). The number of benzene rings is 1. The van der Waals surface area contributed by atoms with Gasteiger partial charge in [-0.3, -0.25) is 14.7 Å². The van der Waals surface area contributed by atoms with Gasteiger partial charge in [-0.15, -0.1) is 11.3 Å². The van der Waals surface area contributed by atoms with E-state index in [4.69, 9.17) is 11.5 Å². The quantitative estimate of drug-likeness (QED) is 0.155. The lowest BCUT2D eigenvalue weighted by molar-refractivity contribution is 0.0930. The summed E-state index contributed by atoms with van der Waals surface area (Å²) in [6.07, 6.45) is 8.24. The lowest BCUT2D eigenvalue weighted by Crippen LogP contribution is -2.38. The number of thiazole rings is 1. The van der Waals surface area contributed by atoms with E-state index in [2.05, 4.69) is 35.5 Å². The summed E-state index contributed by atoms with van der Waals surface area (Å²) in [6.45, 7) is 3.88. The Kier molecular flexibility index (Phi) is 8.47. The van der Waals surface area contributed by atoms with E-state index in [1.165, 1.54) is 23.1 Å². The van der Waals surface area contributed by atoms with Gasteiger partial charge in [0.2, 0.25) is 0 Å². The lowest BCUT2D eigenvalue weighted by Gasteiger charge is -2.31.